The lowest BCUT2D eigenvalue weighted by molar-refractivity contribution is 0.464. The predicted octanol–water partition coefficient (Wildman–Crippen LogP) is 6.39. The van der Waals surface area contributed by atoms with Crippen LogP contribution in [0.3, 0.4) is 0 Å². The van der Waals surface area contributed by atoms with Gasteiger partial charge in [0.05, 0.1) is 24.1 Å². The monoisotopic (exact) mass is 506 g/mol. The normalized spacial score (nSPS) is 12.2. The molecule has 0 saturated carbocycles. The Bertz CT molecular complexity index is 1320. The molecule has 0 aromatic heterocycles. The highest BCUT2D eigenvalue weighted by Crippen LogP contribution is 2.24. The first-order valence-electron chi connectivity index (χ1n) is 11.7. The first-order chi connectivity index (χ1) is 16.2. The highest BCUT2D eigenvalue weighted by atomic mass is 32.2. The van der Waals surface area contributed by atoms with E-state index >= 15 is 0 Å². The van der Waals surface area contributed by atoms with Crippen LogP contribution >= 0.6 is 8.58 Å². The van der Waals surface area contributed by atoms with E-state index in [1.807, 2.05) is 0 Å². The largest absolute Gasteiger partial charge is 0.744 e. The molecule has 0 spiro atoms. The predicted molar refractivity (Wildman–Crippen MR) is 151 cm³/mol. The van der Waals surface area contributed by atoms with Gasteiger partial charge in [0.25, 0.3) is 0 Å². The van der Waals surface area contributed by atoms with Gasteiger partial charge >= 0.3 is 0 Å². The number of rotatable bonds is 3. The second-order valence-corrected chi connectivity index (χ2v) is 13.8. The van der Waals surface area contributed by atoms with Crippen molar-refractivity contribution in [1.29, 1.82) is 0 Å². The van der Waals surface area contributed by atoms with Gasteiger partial charge in [-0.15, -0.1) is 0 Å². The molecule has 4 aromatic rings. The molecule has 0 unspecified atom stereocenters. The van der Waals surface area contributed by atoms with Gasteiger partial charge in [-0.2, -0.15) is 0 Å². The van der Waals surface area contributed by atoms with Gasteiger partial charge < -0.3 is 4.55 Å². The van der Waals surface area contributed by atoms with Crippen molar-refractivity contribution in [1.82, 2.24) is 0 Å². The molecule has 0 atom stereocenters. The minimum atomic E-state index is -4.38. The minimum Gasteiger partial charge on any atom is -0.744 e. The third-order valence-corrected chi connectivity index (χ3v) is 8.24. The summed E-state index contributed by atoms with van der Waals surface area (Å²) in [5, 5.41) is 4.16. The molecule has 5 heteroatoms. The van der Waals surface area contributed by atoms with Crippen LogP contribution < -0.4 is 10.6 Å². The summed E-state index contributed by atoms with van der Waals surface area (Å²) in [5.74, 6) is 0. The fourth-order valence-corrected chi connectivity index (χ4v) is 5.62. The van der Waals surface area contributed by atoms with Crippen LogP contribution in [0.4, 0.5) is 0 Å². The molecule has 184 valence electrons. The van der Waals surface area contributed by atoms with Gasteiger partial charge in [-0.1, -0.05) is 102 Å². The Balaban J connectivity index is 0.000000211. The van der Waals surface area contributed by atoms with Crippen LogP contribution in [0.25, 0.3) is 10.8 Å². The molecule has 4 aromatic carbocycles. The zero-order chi connectivity index (χ0) is 25.9. The Kier molecular flexibility index (Phi) is 8.21. The maximum atomic E-state index is 10.9. The Labute approximate surface area is 212 Å². The van der Waals surface area contributed by atoms with Crippen LogP contribution in [0.15, 0.2) is 95.9 Å². The van der Waals surface area contributed by atoms with Crippen LogP contribution in [0, 0.1) is 0 Å². The highest BCUT2D eigenvalue weighted by Gasteiger charge is 2.16. The molecule has 3 nitrogen and oxygen atoms in total. The maximum Gasteiger partial charge on any atom is 0.125 e. The van der Waals surface area contributed by atoms with Crippen molar-refractivity contribution in [2.45, 2.75) is 57.3 Å². The lowest BCUT2D eigenvalue weighted by Crippen LogP contribution is -2.13. The van der Waals surface area contributed by atoms with Crippen LogP contribution in [0.5, 0.6) is 0 Å². The second kappa shape index (κ2) is 10.6. The summed E-state index contributed by atoms with van der Waals surface area (Å²) in [6.45, 7) is 13.6. The van der Waals surface area contributed by atoms with E-state index in [1.54, 1.807) is 36.4 Å². The van der Waals surface area contributed by atoms with E-state index in [1.165, 1.54) is 27.8 Å². The molecule has 0 aliphatic heterocycles. The van der Waals surface area contributed by atoms with Gasteiger partial charge in [0.15, 0.2) is 0 Å². The first-order valence-corrected chi connectivity index (χ1v) is 14.3. The van der Waals surface area contributed by atoms with E-state index < -0.39 is 10.1 Å². The van der Waals surface area contributed by atoms with E-state index in [-0.39, 0.29) is 24.3 Å². The summed E-state index contributed by atoms with van der Waals surface area (Å²) in [5.41, 5.74) is 3.30. The molecule has 4 rings (SSSR count). The molecule has 35 heavy (non-hydrogen) atoms. The van der Waals surface area contributed by atoms with E-state index in [4.69, 9.17) is 0 Å². The molecule has 0 heterocycles. The van der Waals surface area contributed by atoms with Gasteiger partial charge in [0.1, 0.15) is 10.1 Å². The fraction of sp³-hybridized carbons (Fsp3) is 0.267. The van der Waals surface area contributed by atoms with Crippen LogP contribution in [-0.2, 0) is 20.9 Å². The number of hydrogen-bond donors (Lipinski definition) is 0. The Morgan fingerprint density at radius 3 is 1.46 bits per heavy atom. The molecular formula is C30H35O3PS. The van der Waals surface area contributed by atoms with Gasteiger partial charge in [-0.05, 0) is 63.1 Å². The summed E-state index contributed by atoms with van der Waals surface area (Å²) in [6, 6.07) is 29.9. The van der Waals surface area contributed by atoms with Gasteiger partial charge in [-0.3, -0.25) is 0 Å². The van der Waals surface area contributed by atoms with Crippen LogP contribution in [0.2, 0.25) is 0 Å². The summed E-state index contributed by atoms with van der Waals surface area (Å²) in [7, 11) is -4.19. The lowest BCUT2D eigenvalue weighted by atomic mass is 9.87. The van der Waals surface area contributed by atoms with Crippen LogP contribution in [-0.4, -0.2) is 13.0 Å². The maximum absolute atomic E-state index is 10.9. The van der Waals surface area contributed by atoms with E-state index in [0.29, 0.717) is 5.39 Å². The van der Waals surface area contributed by atoms with Gasteiger partial charge in [-0.25, -0.2) is 8.42 Å². The molecule has 0 bridgehead atoms. The van der Waals surface area contributed by atoms with Crippen molar-refractivity contribution in [2.24, 2.45) is 0 Å². The SMILES string of the molecule is CC(C)(C)c1ccc([PH2+]c2ccc(C(C)(C)C)cc2)cc1.O=S(=O)([O-])c1cccc2ccccc12. The lowest BCUT2D eigenvalue weighted by Gasteiger charge is -2.19. The van der Waals surface area contributed by atoms with Crippen LogP contribution in [0.1, 0.15) is 52.7 Å². The van der Waals surface area contributed by atoms with E-state index in [2.05, 4.69) is 90.1 Å². The topological polar surface area (TPSA) is 57.2 Å². The summed E-state index contributed by atoms with van der Waals surface area (Å²) in [6.07, 6.45) is 0. The second-order valence-electron chi connectivity index (χ2n) is 10.8. The number of hydrogen-bond acceptors (Lipinski definition) is 3. The van der Waals surface area contributed by atoms with E-state index in [0.717, 1.165) is 5.39 Å². The Hall–Kier alpha value is -2.52. The average molecular weight is 507 g/mol. The van der Waals surface area contributed by atoms with E-state index in [9.17, 15) is 13.0 Å². The molecule has 0 radical (unpaired) electrons. The molecule has 0 fully saturated rings. The summed E-state index contributed by atoms with van der Waals surface area (Å²) >= 11 is 0. The third-order valence-electron chi connectivity index (χ3n) is 5.91. The zero-order valence-corrected chi connectivity index (χ0v) is 23.3. The van der Waals surface area contributed by atoms with Crippen molar-refractivity contribution >= 4 is 40.1 Å². The van der Waals surface area contributed by atoms with Crippen molar-refractivity contribution in [3.05, 3.63) is 102 Å². The average Bonchev–Trinajstić information content (AvgIpc) is 2.78. The smallest absolute Gasteiger partial charge is 0.125 e. The van der Waals surface area contributed by atoms with Gasteiger partial charge in [0.2, 0.25) is 0 Å². The quantitative estimate of drug-likeness (QED) is 0.239. The Morgan fingerprint density at radius 1 is 0.600 bits per heavy atom. The standard InChI is InChI=1S/C20H27P.C10H8O3S/c1-19(2,3)15-7-11-17(12-8-15)21-18-13-9-16(10-14-18)20(4,5)6;11-14(12,13)10-7-3-5-8-4-1-2-6-9(8)10/h7-14,21H,1-6H3;1-7H,(H,11,12,13). The third kappa shape index (κ3) is 7.48. The van der Waals surface area contributed by atoms with Crippen molar-refractivity contribution in [2.75, 3.05) is 0 Å². The molecule has 0 aliphatic rings. The minimum absolute atomic E-state index is 0.157. The van der Waals surface area contributed by atoms with Crippen molar-refractivity contribution < 1.29 is 13.0 Å². The molecule has 0 amide bonds. The molecule has 0 saturated heterocycles. The summed E-state index contributed by atoms with van der Waals surface area (Å²) in [4.78, 5) is -0.157. The molecule has 0 aliphatic carbocycles. The molecular weight excluding hydrogens is 471 g/mol. The van der Waals surface area contributed by atoms with Crippen molar-refractivity contribution in [3.63, 3.8) is 0 Å². The number of benzene rings is 4. The first kappa shape index (κ1) is 27.1. The van der Waals surface area contributed by atoms with Gasteiger partial charge in [0, 0.05) is 0 Å². The summed E-state index contributed by atoms with van der Waals surface area (Å²) < 4.78 is 32.7. The van der Waals surface area contributed by atoms with Crippen molar-refractivity contribution in [3.8, 4) is 0 Å². The fourth-order valence-electron chi connectivity index (χ4n) is 3.76. The zero-order valence-electron chi connectivity index (χ0n) is 21.4. The number of fused-ring (bicyclic) bond motifs is 1. The highest BCUT2D eigenvalue weighted by molar-refractivity contribution is 7.86. The molecule has 0 N–H and O–H groups in total. The Morgan fingerprint density at radius 2 is 1.03 bits per heavy atom.